The molecular weight excluding hydrogens is 302 g/mol. The lowest BCUT2D eigenvalue weighted by atomic mass is 10.1. The fourth-order valence-corrected chi connectivity index (χ4v) is 3.21. The van der Waals surface area contributed by atoms with Crippen molar-refractivity contribution in [2.24, 2.45) is 0 Å². The van der Waals surface area contributed by atoms with Gasteiger partial charge in [0, 0.05) is 19.2 Å². The summed E-state index contributed by atoms with van der Waals surface area (Å²) < 4.78 is 7.24. The molecule has 5 nitrogen and oxygen atoms in total. The maximum Gasteiger partial charge on any atom is 0.227 e. The van der Waals surface area contributed by atoms with Crippen molar-refractivity contribution < 1.29 is 9.53 Å². The molecule has 0 fully saturated rings. The van der Waals surface area contributed by atoms with Crippen molar-refractivity contribution >= 4 is 11.6 Å². The van der Waals surface area contributed by atoms with E-state index in [9.17, 15) is 4.79 Å². The van der Waals surface area contributed by atoms with Gasteiger partial charge in [0.1, 0.15) is 11.4 Å². The fraction of sp³-hybridized carbons (Fsp3) is 0.263. The Kier molecular flexibility index (Phi) is 3.69. The highest BCUT2D eigenvalue weighted by atomic mass is 16.5. The Balaban J connectivity index is 1.52. The van der Waals surface area contributed by atoms with Gasteiger partial charge in [0.2, 0.25) is 5.91 Å². The molecule has 5 heteroatoms. The molecule has 0 atom stereocenters. The molecule has 1 aliphatic heterocycles. The van der Waals surface area contributed by atoms with Crippen LogP contribution in [-0.4, -0.2) is 33.8 Å². The third-order valence-corrected chi connectivity index (χ3v) is 4.54. The predicted octanol–water partition coefficient (Wildman–Crippen LogP) is 2.47. The van der Waals surface area contributed by atoms with E-state index in [1.807, 2.05) is 53.6 Å². The van der Waals surface area contributed by atoms with Crippen LogP contribution in [0.5, 0.6) is 5.75 Å². The van der Waals surface area contributed by atoms with Crippen LogP contribution >= 0.6 is 0 Å². The second-order valence-electron chi connectivity index (χ2n) is 6.02. The number of hydrogen-bond acceptors (Lipinski definition) is 3. The quantitative estimate of drug-likeness (QED) is 0.744. The third-order valence-electron chi connectivity index (χ3n) is 4.54. The largest absolute Gasteiger partial charge is 0.497 e. The number of rotatable bonds is 3. The Labute approximate surface area is 140 Å². The molecule has 0 bridgehead atoms. The zero-order chi connectivity index (χ0) is 16.5. The second kappa shape index (κ2) is 6.00. The number of amides is 1. The summed E-state index contributed by atoms with van der Waals surface area (Å²) in [5.74, 6) is 0.955. The summed E-state index contributed by atoms with van der Waals surface area (Å²) in [6.07, 6.45) is 3.24. The Morgan fingerprint density at radius 2 is 2.04 bits per heavy atom. The summed E-state index contributed by atoms with van der Waals surface area (Å²) >= 11 is 0. The van der Waals surface area contributed by atoms with Crippen LogP contribution in [-0.2, 0) is 24.2 Å². The zero-order valence-electron chi connectivity index (χ0n) is 13.6. The number of carbonyl (C=O) groups is 1. The summed E-state index contributed by atoms with van der Waals surface area (Å²) in [5, 5.41) is 0. The van der Waals surface area contributed by atoms with Crippen molar-refractivity contribution in [3.63, 3.8) is 0 Å². The summed E-state index contributed by atoms with van der Waals surface area (Å²) in [4.78, 5) is 19.2. The SMILES string of the molecule is COc1ccc(CC(=O)N2CCc3nc4ccccn4c3C2)cc1. The minimum absolute atomic E-state index is 0.150. The predicted molar refractivity (Wildman–Crippen MR) is 91.0 cm³/mol. The van der Waals surface area contributed by atoms with Gasteiger partial charge in [0.15, 0.2) is 0 Å². The number of pyridine rings is 1. The summed E-state index contributed by atoms with van der Waals surface area (Å²) in [7, 11) is 1.64. The third kappa shape index (κ3) is 2.62. The molecule has 0 saturated heterocycles. The van der Waals surface area contributed by atoms with Gasteiger partial charge in [-0.3, -0.25) is 4.79 Å². The van der Waals surface area contributed by atoms with Crippen LogP contribution in [0.1, 0.15) is 17.0 Å². The van der Waals surface area contributed by atoms with Crippen molar-refractivity contribution in [1.82, 2.24) is 14.3 Å². The number of aromatic nitrogens is 2. The molecular formula is C19H19N3O2. The first-order valence-corrected chi connectivity index (χ1v) is 8.10. The standard InChI is InChI=1S/C19H19N3O2/c1-24-15-7-5-14(6-8-15)12-19(23)21-11-9-16-17(13-21)22-10-3-2-4-18(22)20-16/h2-8,10H,9,11-13H2,1H3. The lowest BCUT2D eigenvalue weighted by molar-refractivity contribution is -0.131. The van der Waals surface area contributed by atoms with Crippen LogP contribution < -0.4 is 4.74 Å². The highest BCUT2D eigenvalue weighted by Gasteiger charge is 2.24. The number of methoxy groups -OCH3 is 1. The molecule has 0 aliphatic carbocycles. The zero-order valence-corrected chi connectivity index (χ0v) is 13.6. The van der Waals surface area contributed by atoms with Crippen LogP contribution in [0.4, 0.5) is 0 Å². The van der Waals surface area contributed by atoms with Crippen molar-refractivity contribution in [3.8, 4) is 5.75 Å². The number of ether oxygens (including phenoxy) is 1. The van der Waals surface area contributed by atoms with Crippen LogP contribution in [0.25, 0.3) is 5.65 Å². The molecule has 3 heterocycles. The van der Waals surface area contributed by atoms with Gasteiger partial charge in [0.05, 0.1) is 31.5 Å². The van der Waals surface area contributed by atoms with E-state index in [2.05, 4.69) is 9.38 Å². The molecule has 0 N–H and O–H groups in total. The highest BCUT2D eigenvalue weighted by molar-refractivity contribution is 5.79. The van der Waals surface area contributed by atoms with Gasteiger partial charge < -0.3 is 14.0 Å². The van der Waals surface area contributed by atoms with Gasteiger partial charge in [-0.25, -0.2) is 4.98 Å². The number of nitrogens with zero attached hydrogens (tertiary/aromatic N) is 3. The Morgan fingerprint density at radius 1 is 1.21 bits per heavy atom. The lowest BCUT2D eigenvalue weighted by Gasteiger charge is -2.27. The average Bonchev–Trinajstić information content (AvgIpc) is 3.00. The van der Waals surface area contributed by atoms with E-state index in [0.717, 1.165) is 41.3 Å². The van der Waals surface area contributed by atoms with E-state index in [-0.39, 0.29) is 5.91 Å². The number of hydrogen-bond donors (Lipinski definition) is 0. The monoisotopic (exact) mass is 321 g/mol. The lowest BCUT2D eigenvalue weighted by Crippen LogP contribution is -2.37. The van der Waals surface area contributed by atoms with E-state index in [1.165, 1.54) is 0 Å². The summed E-state index contributed by atoms with van der Waals surface area (Å²) in [6.45, 7) is 1.35. The molecule has 3 aromatic rings. The number of benzene rings is 1. The van der Waals surface area contributed by atoms with E-state index >= 15 is 0 Å². The van der Waals surface area contributed by atoms with Crippen molar-refractivity contribution in [2.75, 3.05) is 13.7 Å². The molecule has 1 amide bonds. The summed E-state index contributed by atoms with van der Waals surface area (Å²) in [5.41, 5.74) is 4.19. The minimum atomic E-state index is 0.150. The first kappa shape index (κ1) is 14.8. The number of imidazole rings is 1. The molecule has 0 radical (unpaired) electrons. The molecule has 4 rings (SSSR count). The van der Waals surface area contributed by atoms with Crippen molar-refractivity contribution in [3.05, 3.63) is 65.6 Å². The van der Waals surface area contributed by atoms with E-state index in [1.54, 1.807) is 7.11 Å². The van der Waals surface area contributed by atoms with Crippen molar-refractivity contribution in [1.29, 1.82) is 0 Å². The smallest absolute Gasteiger partial charge is 0.227 e. The minimum Gasteiger partial charge on any atom is -0.497 e. The van der Waals surface area contributed by atoms with Gasteiger partial charge in [-0.05, 0) is 29.8 Å². The topological polar surface area (TPSA) is 46.8 Å². The maximum absolute atomic E-state index is 12.7. The highest BCUT2D eigenvalue weighted by Crippen LogP contribution is 2.21. The number of fused-ring (bicyclic) bond motifs is 3. The van der Waals surface area contributed by atoms with E-state index < -0.39 is 0 Å². The van der Waals surface area contributed by atoms with Gasteiger partial charge in [-0.15, -0.1) is 0 Å². The molecule has 122 valence electrons. The van der Waals surface area contributed by atoms with E-state index in [4.69, 9.17) is 4.74 Å². The number of carbonyl (C=O) groups excluding carboxylic acids is 1. The summed E-state index contributed by atoms with van der Waals surface area (Å²) in [6, 6.07) is 13.7. The van der Waals surface area contributed by atoms with Gasteiger partial charge in [-0.1, -0.05) is 18.2 Å². The Bertz CT molecular complexity index is 883. The first-order valence-electron chi connectivity index (χ1n) is 8.10. The second-order valence-corrected chi connectivity index (χ2v) is 6.02. The van der Waals surface area contributed by atoms with Crippen LogP contribution in [0, 0.1) is 0 Å². The van der Waals surface area contributed by atoms with Crippen LogP contribution in [0.3, 0.4) is 0 Å². The van der Waals surface area contributed by atoms with Crippen LogP contribution in [0.15, 0.2) is 48.7 Å². The molecule has 1 aromatic carbocycles. The van der Waals surface area contributed by atoms with Gasteiger partial charge in [0.25, 0.3) is 0 Å². The van der Waals surface area contributed by atoms with Crippen molar-refractivity contribution in [2.45, 2.75) is 19.4 Å². The van der Waals surface area contributed by atoms with Gasteiger partial charge >= 0.3 is 0 Å². The van der Waals surface area contributed by atoms with E-state index in [0.29, 0.717) is 13.0 Å². The fourth-order valence-electron chi connectivity index (χ4n) is 3.21. The molecule has 0 unspecified atom stereocenters. The van der Waals surface area contributed by atoms with Crippen LogP contribution in [0.2, 0.25) is 0 Å². The normalized spacial score (nSPS) is 13.8. The average molecular weight is 321 g/mol. The maximum atomic E-state index is 12.7. The Morgan fingerprint density at radius 3 is 2.83 bits per heavy atom. The molecule has 0 saturated carbocycles. The molecule has 1 aliphatic rings. The first-order chi connectivity index (χ1) is 11.7. The molecule has 2 aromatic heterocycles. The molecule has 0 spiro atoms. The van der Waals surface area contributed by atoms with Gasteiger partial charge in [-0.2, -0.15) is 0 Å². The molecule has 24 heavy (non-hydrogen) atoms. The Hall–Kier alpha value is -2.82.